The molecule has 0 aliphatic rings. The van der Waals surface area contributed by atoms with Gasteiger partial charge in [-0.05, 0) is 29.8 Å². The van der Waals surface area contributed by atoms with E-state index in [0.717, 1.165) is 22.8 Å². The number of halogens is 1. The van der Waals surface area contributed by atoms with Gasteiger partial charge in [-0.25, -0.2) is 9.37 Å². The Morgan fingerprint density at radius 3 is 2.80 bits per heavy atom. The highest BCUT2D eigenvalue weighted by molar-refractivity contribution is 7.22. The van der Waals surface area contributed by atoms with Crippen molar-refractivity contribution in [2.24, 2.45) is 4.99 Å². The first-order valence-corrected chi connectivity index (χ1v) is 8.84. The van der Waals surface area contributed by atoms with Gasteiger partial charge in [-0.3, -0.25) is 4.99 Å². The Labute approximate surface area is 150 Å². The van der Waals surface area contributed by atoms with Gasteiger partial charge >= 0.3 is 0 Å². The van der Waals surface area contributed by atoms with E-state index < -0.39 is 0 Å². The molecule has 7 heteroatoms. The molecule has 1 aromatic heterocycles. The third-order valence-electron chi connectivity index (χ3n) is 3.56. The lowest BCUT2D eigenvalue weighted by molar-refractivity contribution is 0.624. The average molecular weight is 357 g/mol. The van der Waals surface area contributed by atoms with Crippen LogP contribution in [0.1, 0.15) is 5.56 Å². The molecule has 3 aromatic rings. The van der Waals surface area contributed by atoms with Crippen molar-refractivity contribution in [2.45, 2.75) is 6.54 Å². The molecule has 130 valence electrons. The van der Waals surface area contributed by atoms with E-state index in [1.165, 1.54) is 16.8 Å². The zero-order valence-electron chi connectivity index (χ0n) is 13.9. The number of benzene rings is 2. The van der Waals surface area contributed by atoms with Crippen LogP contribution in [0.15, 0.2) is 53.5 Å². The summed E-state index contributed by atoms with van der Waals surface area (Å²) in [5, 5.41) is 10.6. The van der Waals surface area contributed by atoms with Crippen molar-refractivity contribution in [3.8, 4) is 0 Å². The SMILES string of the molecule is CN=C(NCCNc1nc2ccccc2s1)NCc1cccc(F)c1. The molecule has 0 amide bonds. The summed E-state index contributed by atoms with van der Waals surface area (Å²) in [5.74, 6) is 0.442. The topological polar surface area (TPSA) is 61.3 Å². The highest BCUT2D eigenvalue weighted by Gasteiger charge is 2.03. The number of nitrogens with one attached hydrogen (secondary N) is 3. The second-order valence-electron chi connectivity index (χ2n) is 5.40. The van der Waals surface area contributed by atoms with Crippen LogP contribution in [0.4, 0.5) is 9.52 Å². The summed E-state index contributed by atoms with van der Waals surface area (Å²) in [4.78, 5) is 8.70. The summed E-state index contributed by atoms with van der Waals surface area (Å²) in [7, 11) is 1.71. The Hall–Kier alpha value is -2.67. The lowest BCUT2D eigenvalue weighted by atomic mass is 10.2. The van der Waals surface area contributed by atoms with Crippen LogP contribution in [0.25, 0.3) is 10.2 Å². The van der Waals surface area contributed by atoms with Gasteiger partial charge in [0.05, 0.1) is 10.2 Å². The quantitative estimate of drug-likeness (QED) is 0.360. The molecule has 0 atom stereocenters. The smallest absolute Gasteiger partial charge is 0.191 e. The molecule has 0 unspecified atom stereocenters. The maximum absolute atomic E-state index is 13.2. The third-order valence-corrected chi connectivity index (χ3v) is 4.55. The van der Waals surface area contributed by atoms with Crippen LogP contribution in [0.2, 0.25) is 0 Å². The molecule has 25 heavy (non-hydrogen) atoms. The molecular formula is C18H20FN5S. The van der Waals surface area contributed by atoms with Crippen LogP contribution in [0.5, 0.6) is 0 Å². The van der Waals surface area contributed by atoms with Gasteiger partial charge in [0.2, 0.25) is 0 Å². The van der Waals surface area contributed by atoms with Crippen LogP contribution in [-0.2, 0) is 6.54 Å². The molecule has 0 spiro atoms. The summed E-state index contributed by atoms with van der Waals surface area (Å²) in [5.41, 5.74) is 1.88. The van der Waals surface area contributed by atoms with Gasteiger partial charge in [0.15, 0.2) is 11.1 Å². The van der Waals surface area contributed by atoms with E-state index in [0.29, 0.717) is 19.0 Å². The summed E-state index contributed by atoms with van der Waals surface area (Å²) >= 11 is 1.64. The number of fused-ring (bicyclic) bond motifs is 1. The van der Waals surface area contributed by atoms with Crippen molar-refractivity contribution in [3.05, 3.63) is 59.9 Å². The highest BCUT2D eigenvalue weighted by atomic mass is 32.1. The van der Waals surface area contributed by atoms with Crippen molar-refractivity contribution < 1.29 is 4.39 Å². The summed E-state index contributed by atoms with van der Waals surface area (Å²) in [6.07, 6.45) is 0. The molecule has 3 N–H and O–H groups in total. The fraction of sp³-hybridized carbons (Fsp3) is 0.222. The Morgan fingerprint density at radius 1 is 1.12 bits per heavy atom. The first-order chi connectivity index (χ1) is 12.2. The normalized spacial score (nSPS) is 11.5. The van der Waals surface area contributed by atoms with Gasteiger partial charge in [0.1, 0.15) is 5.82 Å². The largest absolute Gasteiger partial charge is 0.360 e. The van der Waals surface area contributed by atoms with E-state index in [1.54, 1.807) is 24.5 Å². The molecule has 3 rings (SSSR count). The highest BCUT2D eigenvalue weighted by Crippen LogP contribution is 2.24. The van der Waals surface area contributed by atoms with Gasteiger partial charge in [0, 0.05) is 26.7 Å². The minimum atomic E-state index is -0.234. The average Bonchev–Trinajstić information content (AvgIpc) is 3.04. The van der Waals surface area contributed by atoms with Crippen molar-refractivity contribution in [2.75, 3.05) is 25.5 Å². The zero-order chi connectivity index (χ0) is 17.5. The van der Waals surface area contributed by atoms with Gasteiger partial charge in [-0.1, -0.05) is 35.6 Å². The van der Waals surface area contributed by atoms with Crippen LogP contribution in [-0.4, -0.2) is 31.1 Å². The monoisotopic (exact) mass is 357 g/mol. The maximum Gasteiger partial charge on any atom is 0.191 e. The first kappa shape index (κ1) is 17.2. The van der Waals surface area contributed by atoms with Crippen LogP contribution >= 0.6 is 11.3 Å². The lowest BCUT2D eigenvalue weighted by Gasteiger charge is -2.12. The van der Waals surface area contributed by atoms with Crippen molar-refractivity contribution >= 4 is 32.6 Å². The van der Waals surface area contributed by atoms with Crippen molar-refractivity contribution in [1.29, 1.82) is 0 Å². The van der Waals surface area contributed by atoms with E-state index in [2.05, 4.69) is 32.0 Å². The third kappa shape index (κ3) is 4.90. The van der Waals surface area contributed by atoms with Crippen LogP contribution < -0.4 is 16.0 Å². The van der Waals surface area contributed by atoms with Crippen LogP contribution in [0.3, 0.4) is 0 Å². The number of thiazole rings is 1. The lowest BCUT2D eigenvalue weighted by Crippen LogP contribution is -2.39. The Bertz CT molecular complexity index is 828. The van der Waals surface area contributed by atoms with E-state index in [1.807, 2.05) is 24.3 Å². The zero-order valence-corrected chi connectivity index (χ0v) is 14.7. The number of anilines is 1. The molecule has 0 saturated carbocycles. The fourth-order valence-corrected chi connectivity index (χ4v) is 3.24. The predicted octanol–water partition coefficient (Wildman–Crippen LogP) is 3.21. The van der Waals surface area contributed by atoms with Crippen LogP contribution in [0, 0.1) is 5.82 Å². The Morgan fingerprint density at radius 2 is 2.00 bits per heavy atom. The molecule has 0 aliphatic carbocycles. The van der Waals surface area contributed by atoms with E-state index in [-0.39, 0.29) is 5.82 Å². The Balaban J connectivity index is 1.42. The number of hydrogen-bond acceptors (Lipinski definition) is 4. The minimum absolute atomic E-state index is 0.234. The predicted molar refractivity (Wildman–Crippen MR) is 103 cm³/mol. The molecule has 0 radical (unpaired) electrons. The van der Waals surface area contributed by atoms with E-state index >= 15 is 0 Å². The number of rotatable bonds is 6. The van der Waals surface area contributed by atoms with E-state index in [4.69, 9.17) is 0 Å². The number of hydrogen-bond donors (Lipinski definition) is 3. The van der Waals surface area contributed by atoms with Gasteiger partial charge in [0.25, 0.3) is 0 Å². The molecule has 0 fully saturated rings. The summed E-state index contributed by atoms with van der Waals surface area (Å²) in [6.45, 7) is 1.93. The number of aromatic nitrogens is 1. The number of para-hydroxylation sites is 1. The number of aliphatic imine (C=N–C) groups is 1. The second-order valence-corrected chi connectivity index (χ2v) is 6.43. The number of guanidine groups is 1. The minimum Gasteiger partial charge on any atom is -0.360 e. The first-order valence-electron chi connectivity index (χ1n) is 8.03. The maximum atomic E-state index is 13.2. The Kier molecular flexibility index (Phi) is 5.79. The fourth-order valence-electron chi connectivity index (χ4n) is 2.35. The van der Waals surface area contributed by atoms with Gasteiger partial charge in [-0.2, -0.15) is 0 Å². The van der Waals surface area contributed by atoms with E-state index in [9.17, 15) is 4.39 Å². The summed E-state index contributed by atoms with van der Waals surface area (Å²) in [6, 6.07) is 14.6. The number of nitrogens with zero attached hydrogens (tertiary/aromatic N) is 2. The molecule has 5 nitrogen and oxygen atoms in total. The molecular weight excluding hydrogens is 337 g/mol. The van der Waals surface area contributed by atoms with Gasteiger partial charge < -0.3 is 16.0 Å². The molecule has 0 saturated heterocycles. The summed E-state index contributed by atoms with van der Waals surface area (Å²) < 4.78 is 14.3. The second kappa shape index (κ2) is 8.43. The standard InChI is InChI=1S/C18H20FN5S/c1-20-17(23-12-13-5-4-6-14(19)11-13)21-9-10-22-18-24-15-7-2-3-8-16(15)25-18/h2-8,11H,9-10,12H2,1H3,(H,22,24)(H2,20,21,23). The van der Waals surface area contributed by atoms with Gasteiger partial charge in [-0.15, -0.1) is 0 Å². The molecule has 1 heterocycles. The molecule has 0 bridgehead atoms. The van der Waals surface area contributed by atoms with Crippen molar-refractivity contribution in [3.63, 3.8) is 0 Å². The van der Waals surface area contributed by atoms with Crippen molar-refractivity contribution in [1.82, 2.24) is 15.6 Å². The molecule has 0 aliphatic heterocycles. The molecule has 2 aromatic carbocycles.